The molecular weight excluding hydrogens is 586 g/mol. The number of carbonyl (C=O) groups excluding carboxylic acids is 1. The Hall–Kier alpha value is -2.36. The number of nitrogens with one attached hydrogen (secondary N) is 1. The highest BCUT2D eigenvalue weighted by atomic mass is 79.9. The number of hydrogen-bond acceptors (Lipinski definition) is 5. The third kappa shape index (κ3) is 7.82. The Morgan fingerprint density at radius 3 is 2.39 bits per heavy atom. The van der Waals surface area contributed by atoms with E-state index in [1.54, 1.807) is 0 Å². The van der Waals surface area contributed by atoms with Crippen molar-refractivity contribution in [1.29, 1.82) is 0 Å². The van der Waals surface area contributed by atoms with Crippen LogP contribution in [0.25, 0.3) is 11.3 Å². The van der Waals surface area contributed by atoms with Crippen molar-refractivity contribution < 1.29 is 9.53 Å². The predicted octanol–water partition coefficient (Wildman–Crippen LogP) is 6.42. The summed E-state index contributed by atoms with van der Waals surface area (Å²) in [6.45, 7) is 7.26. The topological polar surface area (TPSA) is 85.4 Å². The minimum atomic E-state index is -0.613. The largest absolute Gasteiger partial charge is 0.444 e. The molecule has 0 saturated carbocycles. The molecule has 194 valence electrons. The average molecular weight is 621 g/mol. The Morgan fingerprint density at radius 1 is 1.17 bits per heavy atom. The number of alkyl carbamates (subject to hydrolysis) is 1. The zero-order chi connectivity index (χ0) is 26.5. The second-order valence-electron chi connectivity index (χ2n) is 10.1. The molecule has 1 atom stereocenters. The Bertz CT molecular complexity index is 1150. The van der Waals surface area contributed by atoms with Gasteiger partial charge in [0.05, 0.1) is 23.6 Å². The van der Waals surface area contributed by atoms with E-state index in [0.717, 1.165) is 51.1 Å². The molecule has 3 rings (SSSR count). The van der Waals surface area contributed by atoms with Gasteiger partial charge in [-0.3, -0.25) is 0 Å². The first kappa shape index (κ1) is 28.2. The van der Waals surface area contributed by atoms with E-state index >= 15 is 0 Å². The van der Waals surface area contributed by atoms with Crippen LogP contribution in [0.3, 0.4) is 0 Å². The highest BCUT2D eigenvalue weighted by molar-refractivity contribution is 9.11. The second-order valence-corrected chi connectivity index (χ2v) is 11.8. The number of halogens is 2. The van der Waals surface area contributed by atoms with Crippen LogP contribution in [0.1, 0.15) is 44.6 Å². The van der Waals surface area contributed by atoms with Crippen molar-refractivity contribution in [2.24, 2.45) is 0 Å². The van der Waals surface area contributed by atoms with Gasteiger partial charge in [-0.1, -0.05) is 30.3 Å². The van der Waals surface area contributed by atoms with Gasteiger partial charge in [-0.25, -0.2) is 9.78 Å². The molecule has 36 heavy (non-hydrogen) atoms. The molecule has 9 heteroatoms. The first-order chi connectivity index (χ1) is 16.9. The fourth-order valence-corrected chi connectivity index (χ4v) is 5.22. The number of aromatic nitrogens is 2. The summed E-state index contributed by atoms with van der Waals surface area (Å²) in [5, 5.41) is 3.08. The number of amides is 1. The van der Waals surface area contributed by atoms with E-state index in [1.165, 1.54) is 0 Å². The molecule has 7 nitrogen and oxygen atoms in total. The van der Waals surface area contributed by atoms with E-state index in [0.29, 0.717) is 12.1 Å². The van der Waals surface area contributed by atoms with Crippen LogP contribution in [0, 0.1) is 0 Å². The molecule has 0 aliphatic carbocycles. The zero-order valence-corrected chi connectivity index (χ0v) is 24.7. The number of hydrogen-bond donors (Lipinski definition) is 2. The summed E-state index contributed by atoms with van der Waals surface area (Å²) in [7, 11) is 4.13. The molecule has 0 aliphatic heterocycles. The van der Waals surface area contributed by atoms with E-state index < -0.39 is 17.7 Å². The molecule has 0 bridgehead atoms. The van der Waals surface area contributed by atoms with Gasteiger partial charge in [0.15, 0.2) is 0 Å². The number of nitrogens with zero attached hydrogens (tertiary/aromatic N) is 3. The van der Waals surface area contributed by atoms with Gasteiger partial charge in [0.2, 0.25) is 0 Å². The number of rotatable bonds is 9. The smallest absolute Gasteiger partial charge is 0.408 e. The summed E-state index contributed by atoms with van der Waals surface area (Å²) in [6, 6.07) is 13.7. The number of benzene rings is 2. The van der Waals surface area contributed by atoms with Crippen molar-refractivity contribution in [2.45, 2.75) is 51.8 Å². The molecule has 3 N–H and O–H groups in total. The Labute approximate surface area is 230 Å². The lowest BCUT2D eigenvalue weighted by molar-refractivity contribution is 0.0500. The minimum Gasteiger partial charge on any atom is -0.444 e. The van der Waals surface area contributed by atoms with Crippen LogP contribution >= 0.6 is 31.9 Å². The molecule has 2 aromatic carbocycles. The molecule has 0 fully saturated rings. The fraction of sp³-hybridized carbons (Fsp3) is 0.407. The number of nitrogen functional groups attached to an aromatic ring is 1. The summed E-state index contributed by atoms with van der Waals surface area (Å²) in [5.74, 6) is 0.780. The number of ether oxygens (including phenoxy) is 1. The van der Waals surface area contributed by atoms with Crippen molar-refractivity contribution in [2.75, 3.05) is 26.4 Å². The third-order valence-corrected chi connectivity index (χ3v) is 6.84. The molecule has 0 saturated heterocycles. The SMILES string of the molecule is CN(C)CCCn1c(-c2ccccc2)cnc1[C@@H](Cc1cc(Br)c(N)c(Br)c1)NC(=O)OC(C)(C)C. The minimum absolute atomic E-state index is 0.418. The van der Waals surface area contributed by atoms with Gasteiger partial charge in [-0.15, -0.1) is 0 Å². The van der Waals surface area contributed by atoms with E-state index in [9.17, 15) is 4.79 Å². The van der Waals surface area contributed by atoms with Crippen molar-refractivity contribution in [3.63, 3.8) is 0 Å². The lowest BCUT2D eigenvalue weighted by Gasteiger charge is -2.25. The van der Waals surface area contributed by atoms with Gasteiger partial charge in [-0.2, -0.15) is 0 Å². The Kier molecular flexibility index (Phi) is 9.60. The average Bonchev–Trinajstić information content (AvgIpc) is 3.20. The van der Waals surface area contributed by atoms with E-state index in [4.69, 9.17) is 15.5 Å². The van der Waals surface area contributed by atoms with Gasteiger partial charge < -0.3 is 25.3 Å². The lowest BCUT2D eigenvalue weighted by atomic mass is 10.0. The van der Waals surface area contributed by atoms with Crippen LogP contribution in [0.15, 0.2) is 57.6 Å². The van der Waals surface area contributed by atoms with Gasteiger partial charge in [0.1, 0.15) is 11.4 Å². The van der Waals surface area contributed by atoms with Gasteiger partial charge in [-0.05, 0) is 103 Å². The summed E-state index contributed by atoms with van der Waals surface area (Å²) < 4.78 is 9.40. The molecule has 3 aromatic rings. The van der Waals surface area contributed by atoms with E-state index in [-0.39, 0.29) is 0 Å². The van der Waals surface area contributed by atoms with E-state index in [2.05, 4.69) is 72.9 Å². The molecule has 0 unspecified atom stereocenters. The summed E-state index contributed by atoms with van der Waals surface area (Å²) in [4.78, 5) is 19.9. The highest BCUT2D eigenvalue weighted by Crippen LogP contribution is 2.32. The first-order valence-corrected chi connectivity index (χ1v) is 13.5. The number of anilines is 1. The first-order valence-electron chi connectivity index (χ1n) is 11.9. The van der Waals surface area contributed by atoms with Crippen LogP contribution in [-0.2, 0) is 17.7 Å². The van der Waals surface area contributed by atoms with Crippen molar-refractivity contribution >= 4 is 43.6 Å². The van der Waals surface area contributed by atoms with Crippen molar-refractivity contribution in [3.05, 3.63) is 69.0 Å². The number of carbonyl (C=O) groups is 1. The number of nitrogens with two attached hydrogens (primary N) is 1. The molecule has 1 amide bonds. The molecule has 0 spiro atoms. The summed E-state index contributed by atoms with van der Waals surface area (Å²) in [6.07, 6.45) is 2.85. The molecular formula is C27H35Br2N5O2. The Morgan fingerprint density at radius 2 is 1.81 bits per heavy atom. The maximum absolute atomic E-state index is 12.9. The quantitative estimate of drug-likeness (QED) is 0.270. The van der Waals surface area contributed by atoms with Crippen LogP contribution in [0.2, 0.25) is 0 Å². The van der Waals surface area contributed by atoms with Crippen LogP contribution in [0.4, 0.5) is 10.5 Å². The van der Waals surface area contributed by atoms with Crippen molar-refractivity contribution in [3.8, 4) is 11.3 Å². The summed E-state index contributed by atoms with van der Waals surface area (Å²) in [5.41, 5.74) is 9.21. The Balaban J connectivity index is 2.04. The monoisotopic (exact) mass is 619 g/mol. The molecule has 0 aliphatic rings. The van der Waals surface area contributed by atoms with Gasteiger partial charge >= 0.3 is 6.09 Å². The summed E-state index contributed by atoms with van der Waals surface area (Å²) >= 11 is 7.08. The highest BCUT2D eigenvalue weighted by Gasteiger charge is 2.26. The van der Waals surface area contributed by atoms with Crippen LogP contribution in [-0.4, -0.2) is 46.8 Å². The van der Waals surface area contributed by atoms with Crippen LogP contribution < -0.4 is 11.1 Å². The van der Waals surface area contributed by atoms with Crippen LogP contribution in [0.5, 0.6) is 0 Å². The maximum atomic E-state index is 12.9. The third-order valence-electron chi connectivity index (χ3n) is 5.52. The number of imidazole rings is 1. The van der Waals surface area contributed by atoms with Gasteiger partial charge in [0, 0.05) is 21.9 Å². The van der Waals surface area contributed by atoms with Gasteiger partial charge in [0.25, 0.3) is 0 Å². The molecule has 1 heterocycles. The molecule has 1 aromatic heterocycles. The second kappa shape index (κ2) is 12.3. The predicted molar refractivity (Wildman–Crippen MR) is 153 cm³/mol. The van der Waals surface area contributed by atoms with Crippen molar-refractivity contribution in [1.82, 2.24) is 19.8 Å². The maximum Gasteiger partial charge on any atom is 0.408 e. The standard InChI is InChI=1S/C27H35Br2N5O2/c1-27(2,3)36-26(35)32-22(16-18-14-20(28)24(30)21(29)15-18)25-31-17-23(19-10-7-6-8-11-19)34(25)13-9-12-33(4)5/h6-8,10-11,14-15,17,22H,9,12-13,16,30H2,1-5H3,(H,32,35)/t22-/m1/s1. The lowest BCUT2D eigenvalue weighted by Crippen LogP contribution is -2.37. The zero-order valence-electron chi connectivity index (χ0n) is 21.5. The van der Waals surface area contributed by atoms with E-state index in [1.807, 2.05) is 57.3 Å². The fourth-order valence-electron chi connectivity index (χ4n) is 3.93. The molecule has 0 radical (unpaired) electrons. The normalized spacial score (nSPS) is 12.6.